The molecule has 8 nitrogen and oxygen atoms in total. The van der Waals surface area contributed by atoms with Crippen molar-refractivity contribution in [2.75, 3.05) is 32.7 Å². The van der Waals surface area contributed by atoms with Gasteiger partial charge in [0.25, 0.3) is 5.91 Å². The maximum atomic E-state index is 12.9. The van der Waals surface area contributed by atoms with E-state index >= 15 is 0 Å². The number of pyridine rings is 1. The Bertz CT molecular complexity index is 693. The highest BCUT2D eigenvalue weighted by molar-refractivity contribution is 5.94. The molecule has 1 spiro atoms. The van der Waals surface area contributed by atoms with Crippen LogP contribution in [0.25, 0.3) is 0 Å². The van der Waals surface area contributed by atoms with E-state index in [1.165, 1.54) is 0 Å². The number of aromatic nitrogens is 1. The van der Waals surface area contributed by atoms with Crippen LogP contribution >= 0.6 is 0 Å². The molecule has 3 rings (SSSR count). The first-order valence-corrected chi connectivity index (χ1v) is 8.90. The van der Waals surface area contributed by atoms with E-state index in [1.54, 1.807) is 34.3 Å². The van der Waals surface area contributed by atoms with E-state index in [9.17, 15) is 14.4 Å². The molecule has 2 aliphatic rings. The summed E-state index contributed by atoms with van der Waals surface area (Å²) in [5, 5.41) is 5.76. The van der Waals surface area contributed by atoms with Crippen molar-refractivity contribution >= 4 is 17.8 Å². The molecule has 0 aliphatic carbocycles. The molecule has 140 valence electrons. The van der Waals surface area contributed by atoms with Gasteiger partial charge in [-0.3, -0.25) is 14.6 Å². The van der Waals surface area contributed by atoms with Crippen molar-refractivity contribution in [3.63, 3.8) is 0 Å². The Morgan fingerprint density at radius 3 is 2.62 bits per heavy atom. The average molecular weight is 359 g/mol. The van der Waals surface area contributed by atoms with Crippen LogP contribution in [0.4, 0.5) is 4.79 Å². The summed E-state index contributed by atoms with van der Waals surface area (Å²) in [4.78, 5) is 44.8. The van der Waals surface area contributed by atoms with Gasteiger partial charge in [0.1, 0.15) is 0 Å². The Morgan fingerprint density at radius 1 is 1.27 bits per heavy atom. The van der Waals surface area contributed by atoms with Crippen LogP contribution in [0, 0.1) is 5.41 Å². The molecule has 2 fully saturated rings. The number of carbonyl (C=O) groups excluding carboxylic acids is 3. The molecule has 8 heteroatoms. The molecule has 1 aromatic rings. The maximum Gasteiger partial charge on any atom is 0.317 e. The van der Waals surface area contributed by atoms with E-state index in [-0.39, 0.29) is 23.9 Å². The summed E-state index contributed by atoms with van der Waals surface area (Å²) in [6, 6.07) is 3.32. The molecule has 26 heavy (non-hydrogen) atoms. The first kappa shape index (κ1) is 18.2. The summed E-state index contributed by atoms with van der Waals surface area (Å²) < 4.78 is 0. The van der Waals surface area contributed by atoms with Gasteiger partial charge in [-0.1, -0.05) is 0 Å². The molecule has 0 unspecified atom stereocenters. The second-order valence-corrected chi connectivity index (χ2v) is 7.45. The fourth-order valence-electron chi connectivity index (χ4n) is 3.59. The largest absolute Gasteiger partial charge is 0.355 e. The third-order valence-electron chi connectivity index (χ3n) is 4.78. The monoisotopic (exact) mass is 359 g/mol. The van der Waals surface area contributed by atoms with Gasteiger partial charge in [-0.25, -0.2) is 4.79 Å². The maximum absolute atomic E-state index is 12.9. The van der Waals surface area contributed by atoms with Gasteiger partial charge >= 0.3 is 6.03 Å². The molecule has 0 saturated carbocycles. The Morgan fingerprint density at radius 2 is 2.00 bits per heavy atom. The van der Waals surface area contributed by atoms with Crippen LogP contribution in [-0.4, -0.2) is 71.4 Å². The highest BCUT2D eigenvalue weighted by atomic mass is 16.2. The summed E-state index contributed by atoms with van der Waals surface area (Å²) in [6.45, 7) is 6.02. The predicted octanol–water partition coefficient (Wildman–Crippen LogP) is 0.464. The van der Waals surface area contributed by atoms with E-state index in [4.69, 9.17) is 0 Å². The lowest BCUT2D eigenvalue weighted by molar-refractivity contribution is -0.119. The Hall–Kier alpha value is -2.64. The molecule has 1 aromatic heterocycles. The van der Waals surface area contributed by atoms with Crippen molar-refractivity contribution in [1.82, 2.24) is 25.4 Å². The van der Waals surface area contributed by atoms with Gasteiger partial charge in [-0.15, -0.1) is 0 Å². The van der Waals surface area contributed by atoms with Crippen LogP contribution in [0.15, 0.2) is 24.5 Å². The molecule has 0 radical (unpaired) electrons. The van der Waals surface area contributed by atoms with Crippen molar-refractivity contribution in [3.05, 3.63) is 30.1 Å². The number of amides is 4. The van der Waals surface area contributed by atoms with Crippen LogP contribution in [0.5, 0.6) is 0 Å². The molecular formula is C18H25N5O3. The quantitative estimate of drug-likeness (QED) is 0.802. The summed E-state index contributed by atoms with van der Waals surface area (Å²) in [7, 11) is 0. The zero-order valence-electron chi connectivity index (χ0n) is 15.2. The minimum absolute atomic E-state index is 0.0261. The minimum atomic E-state index is -0.459. The molecule has 2 aliphatic heterocycles. The molecule has 2 N–H and O–H groups in total. The number of hydrogen-bond acceptors (Lipinski definition) is 4. The number of hydrogen-bond donors (Lipinski definition) is 2. The number of rotatable bonds is 2. The van der Waals surface area contributed by atoms with Crippen molar-refractivity contribution in [1.29, 1.82) is 0 Å². The molecule has 3 heterocycles. The van der Waals surface area contributed by atoms with Crippen LogP contribution in [0.3, 0.4) is 0 Å². The molecular weight excluding hydrogens is 334 g/mol. The SMILES string of the molecule is CC(C)NC(=O)N1CCN(C(=O)c2cccnc2)C[C@]2(CNC(=O)C2)C1. The number of nitrogens with one attached hydrogen (secondary N) is 2. The normalized spacial score (nSPS) is 23.1. The van der Waals surface area contributed by atoms with E-state index in [0.717, 1.165) is 0 Å². The van der Waals surface area contributed by atoms with Gasteiger partial charge in [0, 0.05) is 63.0 Å². The second kappa shape index (κ2) is 7.31. The molecule has 2 saturated heterocycles. The van der Waals surface area contributed by atoms with E-state index in [0.29, 0.717) is 44.7 Å². The summed E-state index contributed by atoms with van der Waals surface area (Å²) in [5.41, 5.74) is 0.0553. The van der Waals surface area contributed by atoms with Crippen molar-refractivity contribution in [2.24, 2.45) is 5.41 Å². The Balaban J connectivity index is 1.82. The molecule has 0 bridgehead atoms. The molecule has 0 aromatic carbocycles. The Labute approximate surface area is 152 Å². The van der Waals surface area contributed by atoms with E-state index in [1.807, 2.05) is 13.8 Å². The molecule has 4 amide bonds. The average Bonchev–Trinajstić information content (AvgIpc) is 2.86. The van der Waals surface area contributed by atoms with Crippen molar-refractivity contribution in [3.8, 4) is 0 Å². The van der Waals surface area contributed by atoms with Crippen molar-refractivity contribution < 1.29 is 14.4 Å². The van der Waals surface area contributed by atoms with Gasteiger partial charge in [0.2, 0.25) is 5.91 Å². The fraction of sp³-hybridized carbons (Fsp3) is 0.556. The first-order valence-electron chi connectivity index (χ1n) is 8.90. The zero-order valence-corrected chi connectivity index (χ0v) is 15.2. The van der Waals surface area contributed by atoms with Gasteiger partial charge < -0.3 is 20.4 Å². The highest BCUT2D eigenvalue weighted by Crippen LogP contribution is 2.31. The number of carbonyl (C=O) groups is 3. The number of nitrogens with zero attached hydrogens (tertiary/aromatic N) is 3. The van der Waals surface area contributed by atoms with E-state index < -0.39 is 5.41 Å². The second-order valence-electron chi connectivity index (χ2n) is 7.45. The lowest BCUT2D eigenvalue weighted by atomic mass is 9.86. The first-order chi connectivity index (χ1) is 12.4. The summed E-state index contributed by atoms with van der Waals surface area (Å²) in [6.07, 6.45) is 3.48. The van der Waals surface area contributed by atoms with Gasteiger partial charge in [0.05, 0.1) is 5.56 Å². The minimum Gasteiger partial charge on any atom is -0.355 e. The standard InChI is InChI=1S/C18H25N5O3/c1-13(2)21-17(26)23-7-6-22(16(25)14-4-3-5-19-9-14)11-18(12-23)8-15(24)20-10-18/h3-5,9,13H,6-8,10-12H2,1-2H3,(H,20,24)(H,21,26)/t18-/m0/s1. The zero-order chi connectivity index (χ0) is 18.7. The topological polar surface area (TPSA) is 94.6 Å². The van der Waals surface area contributed by atoms with Gasteiger partial charge in [0.15, 0.2) is 0 Å². The molecule has 1 atom stereocenters. The lowest BCUT2D eigenvalue weighted by Crippen LogP contribution is -2.48. The van der Waals surface area contributed by atoms with E-state index in [2.05, 4.69) is 15.6 Å². The van der Waals surface area contributed by atoms with Crippen LogP contribution < -0.4 is 10.6 Å². The number of urea groups is 1. The summed E-state index contributed by atoms with van der Waals surface area (Å²) >= 11 is 0. The highest BCUT2D eigenvalue weighted by Gasteiger charge is 2.45. The Kier molecular flexibility index (Phi) is 5.11. The summed E-state index contributed by atoms with van der Waals surface area (Å²) in [5.74, 6) is -0.159. The van der Waals surface area contributed by atoms with Gasteiger partial charge in [-0.05, 0) is 26.0 Å². The van der Waals surface area contributed by atoms with Gasteiger partial charge in [-0.2, -0.15) is 0 Å². The smallest absolute Gasteiger partial charge is 0.317 e. The van der Waals surface area contributed by atoms with Crippen molar-refractivity contribution in [2.45, 2.75) is 26.3 Å². The third-order valence-corrected chi connectivity index (χ3v) is 4.78. The lowest BCUT2D eigenvalue weighted by Gasteiger charge is -2.32. The third kappa shape index (κ3) is 3.95. The van der Waals surface area contributed by atoms with Crippen LogP contribution in [0.2, 0.25) is 0 Å². The predicted molar refractivity (Wildman–Crippen MR) is 95.4 cm³/mol. The van der Waals surface area contributed by atoms with Crippen LogP contribution in [-0.2, 0) is 4.79 Å². The fourth-order valence-corrected chi connectivity index (χ4v) is 3.59. The van der Waals surface area contributed by atoms with Crippen LogP contribution in [0.1, 0.15) is 30.6 Å².